The zero-order valence-corrected chi connectivity index (χ0v) is 26.8. The van der Waals surface area contributed by atoms with Crippen LogP contribution in [0.25, 0.3) is 97.4 Å². The summed E-state index contributed by atoms with van der Waals surface area (Å²) in [5.41, 5.74) is 11.3. The second kappa shape index (κ2) is 10.8. The van der Waals surface area contributed by atoms with E-state index in [0.717, 1.165) is 27.5 Å². The molecule has 0 aliphatic rings. The van der Waals surface area contributed by atoms with Crippen LogP contribution in [0.4, 0.5) is 0 Å². The number of rotatable bonds is 4. The molecule has 2 heteroatoms. The summed E-state index contributed by atoms with van der Waals surface area (Å²) in [7, 11) is 0. The van der Waals surface area contributed by atoms with Crippen LogP contribution in [-0.2, 0) is 0 Å². The number of fused-ring (bicyclic) bond motifs is 7. The van der Waals surface area contributed by atoms with Crippen LogP contribution in [0.1, 0.15) is 0 Å². The fraction of sp³-hybridized carbons (Fsp3) is 0. The standard InChI is InChI=1S/C46H28OS/c1-3-13-29(14-4-1)32-25-33(30-15-5-2-6-16-30)27-34(26-32)43-37-18-7-8-19-38(37)44(46-45(43)39-20-9-11-21-40(39)47-46)31-23-24-36-35-17-10-12-22-41(35)48-42(36)28-31/h1-28H. The molecular weight excluding hydrogens is 601 g/mol. The van der Waals surface area contributed by atoms with Crippen LogP contribution in [-0.4, -0.2) is 0 Å². The van der Waals surface area contributed by atoms with Crippen LogP contribution in [0.3, 0.4) is 0 Å². The van der Waals surface area contributed by atoms with Gasteiger partial charge in [-0.1, -0.05) is 133 Å². The fourth-order valence-corrected chi connectivity index (χ4v) is 8.63. The Morgan fingerprint density at radius 3 is 1.58 bits per heavy atom. The van der Waals surface area contributed by atoms with Crippen LogP contribution in [0.5, 0.6) is 0 Å². The predicted molar refractivity (Wildman–Crippen MR) is 206 cm³/mol. The molecule has 0 unspecified atom stereocenters. The molecule has 0 atom stereocenters. The first kappa shape index (κ1) is 27.2. The van der Waals surface area contributed by atoms with Crippen molar-refractivity contribution in [1.29, 1.82) is 0 Å². The second-order valence-electron chi connectivity index (χ2n) is 12.4. The minimum absolute atomic E-state index is 0.899. The molecule has 1 nitrogen and oxygen atoms in total. The van der Waals surface area contributed by atoms with Gasteiger partial charge in [0.25, 0.3) is 0 Å². The number of para-hydroxylation sites is 1. The molecule has 0 spiro atoms. The van der Waals surface area contributed by atoms with Gasteiger partial charge >= 0.3 is 0 Å². The number of hydrogen-bond acceptors (Lipinski definition) is 2. The maximum atomic E-state index is 6.91. The third-order valence-corrected chi connectivity index (χ3v) is 10.8. The Morgan fingerprint density at radius 2 is 0.875 bits per heavy atom. The van der Waals surface area contributed by atoms with E-state index >= 15 is 0 Å². The summed E-state index contributed by atoms with van der Waals surface area (Å²) in [6.07, 6.45) is 0. The smallest absolute Gasteiger partial charge is 0.144 e. The summed E-state index contributed by atoms with van der Waals surface area (Å²) in [6, 6.07) is 61.4. The molecule has 0 aliphatic carbocycles. The number of hydrogen-bond donors (Lipinski definition) is 0. The lowest BCUT2D eigenvalue weighted by molar-refractivity contribution is 0.670. The van der Waals surface area contributed by atoms with Gasteiger partial charge in [-0.25, -0.2) is 0 Å². The van der Waals surface area contributed by atoms with Crippen LogP contribution in [0, 0.1) is 0 Å². The van der Waals surface area contributed by atoms with Gasteiger partial charge < -0.3 is 4.42 Å². The van der Waals surface area contributed by atoms with E-state index in [1.54, 1.807) is 0 Å². The van der Waals surface area contributed by atoms with Crippen molar-refractivity contribution in [2.24, 2.45) is 0 Å². The van der Waals surface area contributed by atoms with E-state index in [-0.39, 0.29) is 0 Å². The van der Waals surface area contributed by atoms with Crippen LogP contribution in [0.15, 0.2) is 174 Å². The lowest BCUT2D eigenvalue weighted by Gasteiger charge is -2.17. The van der Waals surface area contributed by atoms with Crippen molar-refractivity contribution in [3.05, 3.63) is 170 Å². The molecule has 0 saturated heterocycles. The zero-order chi connectivity index (χ0) is 31.6. The average Bonchev–Trinajstić information content (AvgIpc) is 3.72. The van der Waals surface area contributed by atoms with Crippen molar-refractivity contribution in [1.82, 2.24) is 0 Å². The van der Waals surface area contributed by atoms with E-state index in [9.17, 15) is 0 Å². The van der Waals surface area contributed by atoms with Crippen molar-refractivity contribution < 1.29 is 4.42 Å². The van der Waals surface area contributed by atoms with Gasteiger partial charge in [0.15, 0.2) is 0 Å². The highest BCUT2D eigenvalue weighted by atomic mass is 32.1. The quantitative estimate of drug-likeness (QED) is 0.189. The SMILES string of the molecule is c1ccc(-c2cc(-c3ccccc3)cc(-c3c4ccccc4c(-c4ccc5c(c4)sc4ccccc45)c4oc5ccccc5c34)c2)cc1. The molecule has 8 aromatic carbocycles. The maximum absolute atomic E-state index is 6.91. The molecule has 10 aromatic rings. The molecule has 10 rings (SSSR count). The molecule has 0 bridgehead atoms. The Labute approximate surface area is 282 Å². The van der Waals surface area contributed by atoms with Crippen molar-refractivity contribution >= 4 is 64.2 Å². The highest BCUT2D eigenvalue weighted by Crippen LogP contribution is 2.49. The largest absolute Gasteiger partial charge is 0.455 e. The molecule has 0 radical (unpaired) electrons. The van der Waals surface area contributed by atoms with Gasteiger partial charge in [0.05, 0.1) is 0 Å². The molecule has 48 heavy (non-hydrogen) atoms. The molecule has 0 fully saturated rings. The lowest BCUT2D eigenvalue weighted by atomic mass is 9.86. The second-order valence-corrected chi connectivity index (χ2v) is 13.5. The maximum Gasteiger partial charge on any atom is 0.144 e. The topological polar surface area (TPSA) is 13.1 Å². The zero-order valence-electron chi connectivity index (χ0n) is 26.0. The Hall–Kier alpha value is -5.96. The normalized spacial score (nSPS) is 11.8. The summed E-state index contributed by atoms with van der Waals surface area (Å²) in [5, 5.41) is 7.29. The van der Waals surface area contributed by atoms with Gasteiger partial charge in [-0.15, -0.1) is 11.3 Å². The molecule has 0 aliphatic heterocycles. The first-order chi connectivity index (χ1) is 23.8. The summed E-state index contributed by atoms with van der Waals surface area (Å²) in [4.78, 5) is 0. The molecule has 2 heterocycles. The molecule has 0 amide bonds. The Morgan fingerprint density at radius 1 is 0.333 bits per heavy atom. The van der Waals surface area contributed by atoms with E-state index in [4.69, 9.17) is 4.42 Å². The van der Waals surface area contributed by atoms with E-state index < -0.39 is 0 Å². The van der Waals surface area contributed by atoms with Crippen LogP contribution in [0.2, 0.25) is 0 Å². The van der Waals surface area contributed by atoms with Gasteiger partial charge in [-0.05, 0) is 80.6 Å². The van der Waals surface area contributed by atoms with Gasteiger partial charge in [-0.3, -0.25) is 0 Å². The third-order valence-electron chi connectivity index (χ3n) is 9.64. The number of thiophene rings is 1. The van der Waals surface area contributed by atoms with Crippen LogP contribution >= 0.6 is 11.3 Å². The Kier molecular flexibility index (Phi) is 6.12. The minimum Gasteiger partial charge on any atom is -0.455 e. The highest BCUT2D eigenvalue weighted by Gasteiger charge is 2.23. The first-order valence-corrected chi connectivity index (χ1v) is 17.2. The Bertz CT molecular complexity index is 2760. The molecule has 224 valence electrons. The minimum atomic E-state index is 0.899. The molecule has 0 N–H and O–H groups in total. The van der Waals surface area contributed by atoms with E-state index in [1.165, 1.54) is 69.9 Å². The van der Waals surface area contributed by atoms with E-state index in [2.05, 4.69) is 170 Å². The molecule has 2 aromatic heterocycles. The monoisotopic (exact) mass is 628 g/mol. The summed E-state index contributed by atoms with van der Waals surface area (Å²) >= 11 is 1.85. The Balaban J connectivity index is 1.33. The van der Waals surface area contributed by atoms with Crippen LogP contribution < -0.4 is 0 Å². The van der Waals surface area contributed by atoms with Gasteiger partial charge in [0.2, 0.25) is 0 Å². The van der Waals surface area contributed by atoms with Crippen molar-refractivity contribution in [3.8, 4) is 44.5 Å². The number of benzene rings is 8. The van der Waals surface area contributed by atoms with E-state index in [1.807, 2.05) is 11.3 Å². The fourth-order valence-electron chi connectivity index (χ4n) is 7.48. The van der Waals surface area contributed by atoms with E-state index in [0.29, 0.717) is 0 Å². The van der Waals surface area contributed by atoms with Gasteiger partial charge in [-0.2, -0.15) is 0 Å². The van der Waals surface area contributed by atoms with Crippen molar-refractivity contribution in [2.45, 2.75) is 0 Å². The van der Waals surface area contributed by atoms with Crippen molar-refractivity contribution in [3.63, 3.8) is 0 Å². The molecular formula is C46H28OS. The molecule has 0 saturated carbocycles. The van der Waals surface area contributed by atoms with Gasteiger partial charge in [0.1, 0.15) is 11.2 Å². The average molecular weight is 629 g/mol. The number of furan rings is 1. The van der Waals surface area contributed by atoms with Gasteiger partial charge in [0, 0.05) is 42.1 Å². The highest BCUT2D eigenvalue weighted by molar-refractivity contribution is 7.25. The summed E-state index contributed by atoms with van der Waals surface area (Å²) in [6.45, 7) is 0. The van der Waals surface area contributed by atoms with Crippen molar-refractivity contribution in [2.75, 3.05) is 0 Å². The predicted octanol–water partition coefficient (Wildman–Crippen LogP) is 13.8. The lowest BCUT2D eigenvalue weighted by Crippen LogP contribution is -1.91. The first-order valence-electron chi connectivity index (χ1n) is 16.3. The summed E-state index contributed by atoms with van der Waals surface area (Å²) in [5.74, 6) is 0. The third kappa shape index (κ3) is 4.24. The summed E-state index contributed by atoms with van der Waals surface area (Å²) < 4.78 is 9.51.